The molecule has 1 saturated carbocycles. The van der Waals surface area contributed by atoms with Gasteiger partial charge < -0.3 is 5.11 Å². The van der Waals surface area contributed by atoms with Crippen molar-refractivity contribution in [3.8, 4) is 5.75 Å². The number of nitrogens with zero attached hydrogens (tertiary/aromatic N) is 1. The molecule has 116 valence electrons. The third-order valence-corrected chi connectivity index (χ3v) is 5.42. The van der Waals surface area contributed by atoms with Crippen molar-refractivity contribution in [2.75, 3.05) is 13.1 Å². The van der Waals surface area contributed by atoms with E-state index in [1.165, 1.54) is 49.9 Å². The number of aromatic hydroxyl groups is 1. The maximum absolute atomic E-state index is 9.70. The Labute approximate surface area is 129 Å². The Morgan fingerprint density at radius 2 is 2.00 bits per heavy atom. The first kappa shape index (κ1) is 14.9. The minimum absolute atomic E-state index is 0.405. The largest absolute Gasteiger partial charge is 0.508 e. The molecule has 0 spiro atoms. The third kappa shape index (κ3) is 3.60. The number of hydrogen-bond donors (Lipinski definition) is 1. The van der Waals surface area contributed by atoms with Crippen LogP contribution in [0.2, 0.25) is 0 Å². The molecule has 2 heteroatoms. The van der Waals surface area contributed by atoms with Gasteiger partial charge in [0, 0.05) is 12.6 Å². The van der Waals surface area contributed by atoms with Gasteiger partial charge in [-0.2, -0.15) is 0 Å². The lowest BCUT2D eigenvalue weighted by Crippen LogP contribution is -2.46. The van der Waals surface area contributed by atoms with Gasteiger partial charge in [-0.3, -0.25) is 4.90 Å². The SMILES string of the molecule is CCc1cc(O)ccc1CC1[C@H](C)CCCN1CC1CC1. The van der Waals surface area contributed by atoms with Gasteiger partial charge in [-0.1, -0.05) is 19.9 Å². The van der Waals surface area contributed by atoms with Crippen LogP contribution in [0.3, 0.4) is 0 Å². The van der Waals surface area contributed by atoms with Gasteiger partial charge in [-0.05, 0) is 80.2 Å². The van der Waals surface area contributed by atoms with Crippen molar-refractivity contribution in [3.05, 3.63) is 29.3 Å². The molecule has 1 aromatic rings. The number of phenols is 1. The van der Waals surface area contributed by atoms with Crippen molar-refractivity contribution in [2.45, 2.75) is 58.4 Å². The molecule has 2 aliphatic rings. The van der Waals surface area contributed by atoms with E-state index in [4.69, 9.17) is 0 Å². The van der Waals surface area contributed by atoms with Crippen LogP contribution in [0, 0.1) is 11.8 Å². The Morgan fingerprint density at radius 3 is 2.71 bits per heavy atom. The lowest BCUT2D eigenvalue weighted by atomic mass is 9.85. The topological polar surface area (TPSA) is 23.5 Å². The molecular weight excluding hydrogens is 258 g/mol. The Balaban J connectivity index is 1.76. The highest BCUT2D eigenvalue weighted by atomic mass is 16.3. The molecule has 2 atom stereocenters. The fourth-order valence-corrected chi connectivity index (χ4v) is 3.89. The molecule has 0 bridgehead atoms. The number of likely N-dealkylation sites (tertiary alicyclic amines) is 1. The quantitative estimate of drug-likeness (QED) is 0.884. The normalized spacial score (nSPS) is 27.0. The average molecular weight is 287 g/mol. The lowest BCUT2D eigenvalue weighted by molar-refractivity contribution is 0.0956. The molecule has 1 N–H and O–H groups in total. The number of hydrogen-bond acceptors (Lipinski definition) is 2. The van der Waals surface area contributed by atoms with Crippen molar-refractivity contribution in [1.29, 1.82) is 0 Å². The summed E-state index contributed by atoms with van der Waals surface area (Å²) in [6.45, 7) is 7.21. The summed E-state index contributed by atoms with van der Waals surface area (Å²) in [6, 6.07) is 6.64. The number of rotatable bonds is 5. The molecule has 1 heterocycles. The first-order valence-electron chi connectivity index (χ1n) is 8.72. The lowest BCUT2D eigenvalue weighted by Gasteiger charge is -2.40. The van der Waals surface area contributed by atoms with E-state index in [1.807, 2.05) is 12.1 Å². The fourth-order valence-electron chi connectivity index (χ4n) is 3.89. The Bertz CT molecular complexity index is 480. The van der Waals surface area contributed by atoms with E-state index < -0.39 is 0 Å². The zero-order valence-corrected chi connectivity index (χ0v) is 13.5. The number of aryl methyl sites for hydroxylation is 1. The second-order valence-electron chi connectivity index (χ2n) is 7.14. The van der Waals surface area contributed by atoms with Gasteiger partial charge in [-0.15, -0.1) is 0 Å². The fraction of sp³-hybridized carbons (Fsp3) is 0.684. The van der Waals surface area contributed by atoms with Crippen LogP contribution in [0.4, 0.5) is 0 Å². The Kier molecular flexibility index (Phi) is 4.54. The molecule has 0 aromatic heterocycles. The molecule has 2 fully saturated rings. The van der Waals surface area contributed by atoms with Crippen LogP contribution in [-0.4, -0.2) is 29.1 Å². The third-order valence-electron chi connectivity index (χ3n) is 5.42. The molecular formula is C19H29NO. The van der Waals surface area contributed by atoms with Gasteiger partial charge in [0.2, 0.25) is 0 Å². The second-order valence-corrected chi connectivity index (χ2v) is 7.14. The van der Waals surface area contributed by atoms with Crippen molar-refractivity contribution < 1.29 is 5.11 Å². The summed E-state index contributed by atoms with van der Waals surface area (Å²) >= 11 is 0. The molecule has 1 saturated heterocycles. The van der Waals surface area contributed by atoms with E-state index in [1.54, 1.807) is 0 Å². The summed E-state index contributed by atoms with van der Waals surface area (Å²) in [5.74, 6) is 2.17. The Hall–Kier alpha value is -1.02. The van der Waals surface area contributed by atoms with E-state index in [9.17, 15) is 5.11 Å². The molecule has 1 unspecified atom stereocenters. The summed E-state index contributed by atoms with van der Waals surface area (Å²) in [5.41, 5.74) is 2.76. The zero-order valence-electron chi connectivity index (χ0n) is 13.5. The standard InChI is InChI=1S/C19H29NO/c1-3-16-11-18(21)9-8-17(16)12-19-14(2)5-4-10-20(19)13-15-6-7-15/h8-9,11,14-15,19,21H,3-7,10,12-13H2,1-2H3/t14-,19?/m1/s1. The first-order chi connectivity index (χ1) is 10.2. The summed E-state index contributed by atoms with van der Waals surface area (Å²) in [6.07, 6.45) is 7.77. The van der Waals surface area contributed by atoms with Gasteiger partial charge in [0.15, 0.2) is 0 Å². The van der Waals surface area contributed by atoms with E-state index in [0.29, 0.717) is 11.8 Å². The van der Waals surface area contributed by atoms with Crippen LogP contribution in [0.1, 0.15) is 50.7 Å². The van der Waals surface area contributed by atoms with E-state index >= 15 is 0 Å². The summed E-state index contributed by atoms with van der Waals surface area (Å²) < 4.78 is 0. The summed E-state index contributed by atoms with van der Waals surface area (Å²) in [4.78, 5) is 2.76. The highest BCUT2D eigenvalue weighted by Crippen LogP contribution is 2.34. The number of phenolic OH excluding ortho intramolecular Hbond substituents is 1. The molecule has 3 rings (SSSR count). The number of benzene rings is 1. The predicted octanol–water partition coefficient (Wildman–Crippen LogP) is 4.01. The van der Waals surface area contributed by atoms with Crippen molar-refractivity contribution in [3.63, 3.8) is 0 Å². The highest BCUT2D eigenvalue weighted by Gasteiger charge is 2.33. The predicted molar refractivity (Wildman–Crippen MR) is 87.7 cm³/mol. The number of piperidine rings is 1. The van der Waals surface area contributed by atoms with Crippen molar-refractivity contribution in [1.82, 2.24) is 4.90 Å². The maximum atomic E-state index is 9.70. The second kappa shape index (κ2) is 6.39. The van der Waals surface area contributed by atoms with Gasteiger partial charge in [-0.25, -0.2) is 0 Å². The van der Waals surface area contributed by atoms with Crippen LogP contribution in [0.15, 0.2) is 18.2 Å². The molecule has 1 aromatic carbocycles. The van der Waals surface area contributed by atoms with Crippen LogP contribution < -0.4 is 0 Å². The minimum Gasteiger partial charge on any atom is -0.508 e. The van der Waals surface area contributed by atoms with Crippen molar-refractivity contribution >= 4 is 0 Å². The van der Waals surface area contributed by atoms with E-state index in [-0.39, 0.29) is 0 Å². The van der Waals surface area contributed by atoms with Gasteiger partial charge in [0.05, 0.1) is 0 Å². The van der Waals surface area contributed by atoms with E-state index in [0.717, 1.165) is 24.7 Å². The summed E-state index contributed by atoms with van der Waals surface area (Å²) in [7, 11) is 0. The van der Waals surface area contributed by atoms with Crippen LogP contribution in [-0.2, 0) is 12.8 Å². The maximum Gasteiger partial charge on any atom is 0.115 e. The van der Waals surface area contributed by atoms with E-state index in [2.05, 4.69) is 24.8 Å². The minimum atomic E-state index is 0.405. The molecule has 1 aliphatic heterocycles. The monoisotopic (exact) mass is 287 g/mol. The summed E-state index contributed by atoms with van der Waals surface area (Å²) in [5, 5.41) is 9.70. The molecule has 0 amide bonds. The smallest absolute Gasteiger partial charge is 0.115 e. The first-order valence-corrected chi connectivity index (χ1v) is 8.72. The van der Waals surface area contributed by atoms with Crippen molar-refractivity contribution in [2.24, 2.45) is 11.8 Å². The average Bonchev–Trinajstić information content (AvgIpc) is 3.28. The van der Waals surface area contributed by atoms with Gasteiger partial charge in [0.25, 0.3) is 0 Å². The van der Waals surface area contributed by atoms with Crippen LogP contribution >= 0.6 is 0 Å². The van der Waals surface area contributed by atoms with Gasteiger partial charge in [0.1, 0.15) is 5.75 Å². The van der Waals surface area contributed by atoms with Crippen LogP contribution in [0.5, 0.6) is 5.75 Å². The molecule has 2 nitrogen and oxygen atoms in total. The van der Waals surface area contributed by atoms with Gasteiger partial charge >= 0.3 is 0 Å². The highest BCUT2D eigenvalue weighted by molar-refractivity contribution is 5.35. The zero-order chi connectivity index (χ0) is 14.8. The molecule has 1 aliphatic carbocycles. The molecule has 21 heavy (non-hydrogen) atoms. The Morgan fingerprint density at radius 1 is 1.19 bits per heavy atom. The van der Waals surface area contributed by atoms with Crippen LogP contribution in [0.25, 0.3) is 0 Å². The molecule has 0 radical (unpaired) electrons.